The fourth-order valence-corrected chi connectivity index (χ4v) is 1.97. The second kappa shape index (κ2) is 4.63. The molecule has 0 bridgehead atoms. The molecule has 0 radical (unpaired) electrons. The molecule has 0 saturated heterocycles. The van der Waals surface area contributed by atoms with Crippen LogP contribution in [0.1, 0.15) is 11.7 Å². The first-order valence-electron chi connectivity index (χ1n) is 4.52. The molecule has 1 unspecified atom stereocenters. The molecule has 0 amide bonds. The predicted octanol–water partition coefficient (Wildman–Crippen LogP) is 1.16. The van der Waals surface area contributed by atoms with Gasteiger partial charge in [0.1, 0.15) is 9.35 Å². The molecule has 86 valence electrons. The summed E-state index contributed by atoms with van der Waals surface area (Å²) in [6.45, 7) is -0.381. The Morgan fingerprint density at radius 3 is 3.06 bits per heavy atom. The fraction of sp³-hybridized carbons (Fsp3) is 0.222. The summed E-state index contributed by atoms with van der Waals surface area (Å²) < 4.78 is 2.81. The number of hydrogen-bond acceptors (Lipinski definition) is 5. The van der Waals surface area contributed by atoms with E-state index in [9.17, 15) is 10.3 Å². The first-order valence-corrected chi connectivity index (χ1v) is 5.60. The SMILES string of the molecule is [O-]N(O)CC(O)c1ccn2c(I)cnc2c1. The number of pyridine rings is 1. The van der Waals surface area contributed by atoms with Gasteiger partial charge in [-0.3, -0.25) is 9.63 Å². The predicted molar refractivity (Wildman–Crippen MR) is 64.7 cm³/mol. The third-order valence-corrected chi connectivity index (χ3v) is 3.00. The number of halogens is 1. The van der Waals surface area contributed by atoms with Crippen LogP contribution in [-0.4, -0.2) is 31.5 Å². The van der Waals surface area contributed by atoms with Gasteiger partial charge in [0.25, 0.3) is 0 Å². The Balaban J connectivity index is 2.32. The molecule has 2 aromatic heterocycles. The van der Waals surface area contributed by atoms with Crippen molar-refractivity contribution >= 4 is 28.2 Å². The van der Waals surface area contributed by atoms with E-state index in [-0.39, 0.29) is 11.8 Å². The molecule has 7 heteroatoms. The monoisotopic (exact) mass is 334 g/mol. The molecular weight excluding hydrogens is 325 g/mol. The van der Waals surface area contributed by atoms with Crippen LogP contribution in [0.3, 0.4) is 0 Å². The number of aliphatic hydroxyl groups excluding tert-OH is 1. The number of aliphatic hydroxyl groups is 1. The normalized spacial score (nSPS) is 13.6. The molecule has 0 aliphatic rings. The van der Waals surface area contributed by atoms with Crippen LogP contribution in [0.15, 0.2) is 24.5 Å². The highest BCUT2D eigenvalue weighted by Gasteiger charge is 2.09. The van der Waals surface area contributed by atoms with Gasteiger partial charge < -0.3 is 15.5 Å². The van der Waals surface area contributed by atoms with E-state index in [0.717, 1.165) is 3.70 Å². The van der Waals surface area contributed by atoms with Crippen molar-refractivity contribution in [1.82, 2.24) is 14.6 Å². The van der Waals surface area contributed by atoms with E-state index in [0.29, 0.717) is 11.2 Å². The number of hydroxylamine groups is 2. The molecule has 2 aromatic rings. The topological polar surface area (TPSA) is 84.1 Å². The lowest BCUT2D eigenvalue weighted by Crippen LogP contribution is -2.19. The molecule has 0 fully saturated rings. The molecule has 0 saturated carbocycles. The quantitative estimate of drug-likeness (QED) is 0.650. The molecule has 0 aromatic carbocycles. The Bertz CT molecular complexity index is 500. The lowest BCUT2D eigenvalue weighted by Gasteiger charge is -2.22. The van der Waals surface area contributed by atoms with E-state index in [1.807, 2.05) is 4.40 Å². The zero-order valence-corrected chi connectivity index (χ0v) is 10.3. The molecule has 1 atom stereocenters. The van der Waals surface area contributed by atoms with Crippen molar-refractivity contribution in [1.29, 1.82) is 0 Å². The van der Waals surface area contributed by atoms with E-state index in [2.05, 4.69) is 27.6 Å². The summed E-state index contributed by atoms with van der Waals surface area (Å²) in [6.07, 6.45) is 2.44. The van der Waals surface area contributed by atoms with Crippen LogP contribution in [0, 0.1) is 8.91 Å². The maximum atomic E-state index is 10.4. The van der Waals surface area contributed by atoms with E-state index in [1.54, 1.807) is 24.5 Å². The van der Waals surface area contributed by atoms with Crippen LogP contribution in [0.2, 0.25) is 0 Å². The summed E-state index contributed by atoms with van der Waals surface area (Å²) in [5, 5.41) is 28.2. The summed E-state index contributed by atoms with van der Waals surface area (Å²) in [5.74, 6) is 0. The van der Waals surface area contributed by atoms with Crippen LogP contribution >= 0.6 is 22.6 Å². The number of imidazole rings is 1. The molecule has 16 heavy (non-hydrogen) atoms. The van der Waals surface area contributed by atoms with Crippen molar-refractivity contribution in [3.63, 3.8) is 0 Å². The van der Waals surface area contributed by atoms with E-state index < -0.39 is 6.10 Å². The van der Waals surface area contributed by atoms with Crippen molar-refractivity contribution in [3.05, 3.63) is 39.0 Å². The van der Waals surface area contributed by atoms with Crippen LogP contribution in [0.4, 0.5) is 0 Å². The molecular formula is C9H9IN3O3-. The van der Waals surface area contributed by atoms with Gasteiger partial charge in [-0.2, -0.15) is 0 Å². The Kier molecular flexibility index (Phi) is 3.40. The largest absolute Gasteiger partial charge is 0.762 e. The summed E-state index contributed by atoms with van der Waals surface area (Å²) >= 11 is 2.14. The van der Waals surface area contributed by atoms with E-state index >= 15 is 0 Å². The van der Waals surface area contributed by atoms with Gasteiger partial charge in [0.15, 0.2) is 0 Å². The Morgan fingerprint density at radius 1 is 1.62 bits per heavy atom. The highest BCUT2D eigenvalue weighted by atomic mass is 127. The van der Waals surface area contributed by atoms with Gasteiger partial charge in [0.05, 0.1) is 12.3 Å². The number of rotatable bonds is 3. The molecule has 0 aliphatic carbocycles. The lowest BCUT2D eigenvalue weighted by atomic mass is 10.1. The van der Waals surface area contributed by atoms with Crippen LogP contribution in [-0.2, 0) is 0 Å². The average Bonchev–Trinajstić information content (AvgIpc) is 2.59. The van der Waals surface area contributed by atoms with Crippen LogP contribution in [0.25, 0.3) is 5.65 Å². The maximum Gasteiger partial charge on any atom is 0.137 e. The average molecular weight is 334 g/mol. The minimum atomic E-state index is -1.03. The van der Waals surface area contributed by atoms with Gasteiger partial charge in [0.2, 0.25) is 0 Å². The summed E-state index contributed by atoms with van der Waals surface area (Å²) in [7, 11) is 0. The minimum absolute atomic E-state index is 0.288. The third kappa shape index (κ3) is 2.33. The van der Waals surface area contributed by atoms with Crippen molar-refractivity contribution in [2.45, 2.75) is 6.10 Å². The minimum Gasteiger partial charge on any atom is -0.762 e. The highest BCUT2D eigenvalue weighted by molar-refractivity contribution is 14.1. The molecule has 2 heterocycles. The first-order chi connectivity index (χ1) is 7.58. The Labute approximate surface area is 105 Å². The molecule has 6 nitrogen and oxygen atoms in total. The van der Waals surface area contributed by atoms with Gasteiger partial charge in [-0.15, -0.1) is 0 Å². The lowest BCUT2D eigenvalue weighted by molar-refractivity contribution is -0.0692. The Morgan fingerprint density at radius 2 is 2.38 bits per heavy atom. The zero-order chi connectivity index (χ0) is 11.7. The van der Waals surface area contributed by atoms with Crippen molar-refractivity contribution in [2.75, 3.05) is 6.54 Å². The van der Waals surface area contributed by atoms with E-state index in [4.69, 9.17) is 5.21 Å². The molecule has 0 spiro atoms. The van der Waals surface area contributed by atoms with Gasteiger partial charge in [0, 0.05) is 12.7 Å². The molecule has 2 rings (SSSR count). The summed E-state index contributed by atoms with van der Waals surface area (Å²) in [6, 6.07) is 3.36. The van der Waals surface area contributed by atoms with Gasteiger partial charge >= 0.3 is 0 Å². The fourth-order valence-electron chi connectivity index (χ4n) is 1.43. The Hall–Kier alpha value is -0.740. The van der Waals surface area contributed by atoms with Gasteiger partial charge in [-0.05, 0) is 40.3 Å². The van der Waals surface area contributed by atoms with Gasteiger partial charge in [-0.1, -0.05) is 0 Å². The second-order valence-electron chi connectivity index (χ2n) is 3.32. The van der Waals surface area contributed by atoms with Crippen molar-refractivity contribution in [2.24, 2.45) is 0 Å². The third-order valence-electron chi connectivity index (χ3n) is 2.21. The number of aromatic nitrogens is 2. The van der Waals surface area contributed by atoms with Gasteiger partial charge in [-0.25, -0.2) is 4.98 Å². The van der Waals surface area contributed by atoms with Crippen molar-refractivity contribution < 1.29 is 10.3 Å². The highest BCUT2D eigenvalue weighted by Crippen LogP contribution is 2.17. The smallest absolute Gasteiger partial charge is 0.137 e. The van der Waals surface area contributed by atoms with Crippen LogP contribution in [0.5, 0.6) is 0 Å². The number of fused-ring (bicyclic) bond motifs is 1. The molecule has 0 aliphatic heterocycles. The zero-order valence-electron chi connectivity index (χ0n) is 8.12. The second-order valence-corrected chi connectivity index (χ2v) is 4.42. The first kappa shape index (κ1) is 11.7. The van der Waals surface area contributed by atoms with Crippen LogP contribution < -0.4 is 0 Å². The van der Waals surface area contributed by atoms with Crippen molar-refractivity contribution in [3.8, 4) is 0 Å². The standard InChI is InChI=1S/C9H9IN3O3/c10-8-4-11-9-3-6(1-2-12(8)9)7(14)5-13(15)16/h1-4,7,14-15H,5H2/q-1. The van der Waals surface area contributed by atoms with E-state index in [1.165, 1.54) is 0 Å². The summed E-state index contributed by atoms with van der Waals surface area (Å²) in [5.41, 5.74) is 1.24. The summed E-state index contributed by atoms with van der Waals surface area (Å²) in [4.78, 5) is 4.13. The number of nitrogens with zero attached hydrogens (tertiary/aromatic N) is 3. The molecule has 2 N–H and O–H groups in total. The number of hydrogen-bond donors (Lipinski definition) is 2. The maximum absolute atomic E-state index is 10.4.